The topological polar surface area (TPSA) is 73.5 Å². The Kier molecular flexibility index (Phi) is 8.85. The predicted octanol–water partition coefficient (Wildman–Crippen LogP) is 5.05. The molecule has 4 rings (SSSR count). The maximum atomic E-state index is 13.1. The van der Waals surface area contributed by atoms with Gasteiger partial charge in [0.2, 0.25) is 5.95 Å². The summed E-state index contributed by atoms with van der Waals surface area (Å²) in [5.41, 5.74) is 4.39. The van der Waals surface area contributed by atoms with Crippen molar-refractivity contribution in [2.75, 3.05) is 55.0 Å². The minimum Gasteiger partial charge on any atom is -0.382 e. The van der Waals surface area contributed by atoms with E-state index >= 15 is 0 Å². The Balaban J connectivity index is 1.65. The van der Waals surface area contributed by atoms with Crippen LogP contribution >= 0.6 is 0 Å². The molecule has 0 unspecified atom stereocenters. The summed E-state index contributed by atoms with van der Waals surface area (Å²) in [6, 6.07) is 8.76. The van der Waals surface area contributed by atoms with Gasteiger partial charge in [-0.2, -0.15) is 0 Å². The highest BCUT2D eigenvalue weighted by Crippen LogP contribution is 2.29. The molecule has 1 aliphatic carbocycles. The first-order valence-corrected chi connectivity index (χ1v) is 13.3. The van der Waals surface area contributed by atoms with E-state index in [9.17, 15) is 4.79 Å². The Bertz CT molecular complexity index is 1040. The third kappa shape index (κ3) is 6.45. The maximum Gasteiger partial charge on any atom is 0.276 e. The van der Waals surface area contributed by atoms with Crippen molar-refractivity contribution in [1.82, 2.24) is 9.97 Å². The highest BCUT2D eigenvalue weighted by molar-refractivity contribution is 5.72. The summed E-state index contributed by atoms with van der Waals surface area (Å²) < 4.78 is 5.53. The van der Waals surface area contributed by atoms with Gasteiger partial charge in [-0.25, -0.2) is 4.98 Å². The molecule has 0 amide bonds. The van der Waals surface area contributed by atoms with Crippen molar-refractivity contribution in [2.45, 2.75) is 58.4 Å². The molecule has 1 aromatic carbocycles. The number of morpholine rings is 1. The normalized spacial score (nSPS) is 16.8. The number of benzene rings is 1. The van der Waals surface area contributed by atoms with Gasteiger partial charge in [-0.3, -0.25) is 9.78 Å². The van der Waals surface area contributed by atoms with Gasteiger partial charge in [0.1, 0.15) is 5.69 Å². The maximum absolute atomic E-state index is 13.1. The Morgan fingerprint density at radius 1 is 1.26 bits per heavy atom. The molecule has 0 atom stereocenters. The highest BCUT2D eigenvalue weighted by Gasteiger charge is 2.22. The van der Waals surface area contributed by atoms with Gasteiger partial charge in [-0.05, 0) is 48.4 Å². The summed E-state index contributed by atoms with van der Waals surface area (Å²) in [4.78, 5) is 25.8. The first-order chi connectivity index (χ1) is 17.1. The average molecular weight is 480 g/mol. The molecular formula is C28H41N5O2. The summed E-state index contributed by atoms with van der Waals surface area (Å²) in [6.07, 6.45) is 8.14. The van der Waals surface area contributed by atoms with Gasteiger partial charge in [-0.1, -0.05) is 51.3 Å². The lowest BCUT2D eigenvalue weighted by Gasteiger charge is -2.32. The second-order valence-electron chi connectivity index (χ2n) is 9.87. The SMILES string of the molecule is C=C(CCC)c1nc(N(Cc2cccc(N3CCOCC3)c2)CC2CCCCC2)[nH]c(=O)c1NC. The fourth-order valence-corrected chi connectivity index (χ4v) is 5.32. The monoisotopic (exact) mass is 479 g/mol. The number of nitrogens with one attached hydrogen (secondary N) is 2. The molecule has 2 fully saturated rings. The van der Waals surface area contributed by atoms with Crippen molar-refractivity contribution in [3.05, 3.63) is 52.5 Å². The summed E-state index contributed by atoms with van der Waals surface area (Å²) in [5, 5.41) is 3.04. The smallest absolute Gasteiger partial charge is 0.276 e. The van der Waals surface area contributed by atoms with Crippen LogP contribution in [0.1, 0.15) is 63.1 Å². The van der Waals surface area contributed by atoms with Crippen LogP contribution in [0.5, 0.6) is 0 Å². The van der Waals surface area contributed by atoms with Crippen molar-refractivity contribution in [2.24, 2.45) is 5.92 Å². The summed E-state index contributed by atoms with van der Waals surface area (Å²) in [5.74, 6) is 1.26. The lowest BCUT2D eigenvalue weighted by molar-refractivity contribution is 0.122. The predicted molar refractivity (Wildman–Crippen MR) is 145 cm³/mol. The fraction of sp³-hybridized carbons (Fsp3) is 0.571. The number of hydrogen-bond donors (Lipinski definition) is 2. The van der Waals surface area contributed by atoms with Crippen LogP contribution in [0.3, 0.4) is 0 Å². The van der Waals surface area contributed by atoms with E-state index in [0.717, 1.165) is 51.3 Å². The zero-order valence-electron chi connectivity index (χ0n) is 21.4. The second kappa shape index (κ2) is 12.2. The van der Waals surface area contributed by atoms with E-state index in [1.165, 1.54) is 43.4 Å². The Labute approximate surface area is 209 Å². The van der Waals surface area contributed by atoms with Crippen LogP contribution in [-0.4, -0.2) is 49.9 Å². The molecule has 1 saturated carbocycles. The van der Waals surface area contributed by atoms with Crippen molar-refractivity contribution in [3.63, 3.8) is 0 Å². The molecule has 0 spiro atoms. The Hall–Kier alpha value is -2.80. The van der Waals surface area contributed by atoms with E-state index in [1.807, 2.05) is 0 Å². The van der Waals surface area contributed by atoms with Crippen LogP contribution in [0.4, 0.5) is 17.3 Å². The van der Waals surface area contributed by atoms with Crippen LogP contribution in [-0.2, 0) is 11.3 Å². The lowest BCUT2D eigenvalue weighted by Crippen LogP contribution is -2.36. The zero-order valence-corrected chi connectivity index (χ0v) is 21.4. The van der Waals surface area contributed by atoms with E-state index in [4.69, 9.17) is 9.72 Å². The van der Waals surface area contributed by atoms with Crippen LogP contribution in [0.25, 0.3) is 5.57 Å². The van der Waals surface area contributed by atoms with Crippen molar-refractivity contribution in [1.29, 1.82) is 0 Å². The summed E-state index contributed by atoms with van der Waals surface area (Å²) >= 11 is 0. The van der Waals surface area contributed by atoms with Gasteiger partial charge < -0.3 is 19.9 Å². The number of aromatic amines is 1. The molecule has 1 aromatic heterocycles. The van der Waals surface area contributed by atoms with Gasteiger partial charge in [0.15, 0.2) is 0 Å². The van der Waals surface area contributed by atoms with Crippen molar-refractivity contribution < 1.29 is 4.74 Å². The van der Waals surface area contributed by atoms with Gasteiger partial charge in [-0.15, -0.1) is 0 Å². The number of aromatic nitrogens is 2. The second-order valence-corrected chi connectivity index (χ2v) is 9.87. The zero-order chi connectivity index (χ0) is 24.6. The number of rotatable bonds is 10. The van der Waals surface area contributed by atoms with E-state index in [1.54, 1.807) is 7.05 Å². The number of allylic oxidation sites excluding steroid dienone is 1. The van der Waals surface area contributed by atoms with Gasteiger partial charge in [0.05, 0.1) is 18.9 Å². The van der Waals surface area contributed by atoms with E-state index < -0.39 is 0 Å². The van der Waals surface area contributed by atoms with Gasteiger partial charge in [0.25, 0.3) is 5.56 Å². The Morgan fingerprint density at radius 2 is 2.03 bits per heavy atom. The van der Waals surface area contributed by atoms with Crippen LogP contribution in [0.2, 0.25) is 0 Å². The highest BCUT2D eigenvalue weighted by atomic mass is 16.5. The molecule has 2 N–H and O–H groups in total. The molecule has 0 radical (unpaired) electrons. The first kappa shape index (κ1) is 25.3. The minimum atomic E-state index is -0.138. The lowest BCUT2D eigenvalue weighted by atomic mass is 9.89. The Morgan fingerprint density at radius 3 is 2.74 bits per heavy atom. The number of H-pyrrole nitrogens is 1. The van der Waals surface area contributed by atoms with Crippen molar-refractivity contribution >= 4 is 22.9 Å². The van der Waals surface area contributed by atoms with Crippen LogP contribution < -0.4 is 20.7 Å². The minimum absolute atomic E-state index is 0.138. The van der Waals surface area contributed by atoms with E-state index in [2.05, 4.69) is 57.9 Å². The molecule has 7 heteroatoms. The fourth-order valence-electron chi connectivity index (χ4n) is 5.32. The van der Waals surface area contributed by atoms with Gasteiger partial charge >= 0.3 is 0 Å². The van der Waals surface area contributed by atoms with E-state index in [-0.39, 0.29) is 5.56 Å². The third-order valence-electron chi connectivity index (χ3n) is 7.21. The summed E-state index contributed by atoms with van der Waals surface area (Å²) in [7, 11) is 1.77. The third-order valence-corrected chi connectivity index (χ3v) is 7.21. The molecule has 190 valence electrons. The van der Waals surface area contributed by atoms with Crippen LogP contribution in [0, 0.1) is 5.92 Å². The standard InChI is InChI=1S/C28H41N5O2/c1-4-9-21(2)25-26(29-3)27(34)31-28(30-25)33(19-22-10-6-5-7-11-22)20-23-12-8-13-24(18-23)32-14-16-35-17-15-32/h8,12-13,18,22,29H,2,4-7,9-11,14-17,19-20H2,1,3H3,(H,30,31,34). The molecule has 0 bridgehead atoms. The average Bonchev–Trinajstić information content (AvgIpc) is 2.89. The van der Waals surface area contributed by atoms with Gasteiger partial charge in [0, 0.05) is 38.9 Å². The first-order valence-electron chi connectivity index (χ1n) is 13.3. The number of hydrogen-bond acceptors (Lipinski definition) is 6. The van der Waals surface area contributed by atoms with Crippen LogP contribution in [0.15, 0.2) is 35.6 Å². The number of ether oxygens (including phenoxy) is 1. The molecule has 2 aliphatic rings. The molecule has 2 heterocycles. The molecule has 1 aliphatic heterocycles. The number of anilines is 3. The molecule has 2 aromatic rings. The number of nitrogens with zero attached hydrogens (tertiary/aromatic N) is 3. The van der Waals surface area contributed by atoms with Crippen molar-refractivity contribution in [3.8, 4) is 0 Å². The van der Waals surface area contributed by atoms with E-state index in [0.29, 0.717) is 29.8 Å². The molecule has 7 nitrogen and oxygen atoms in total. The summed E-state index contributed by atoms with van der Waals surface area (Å²) in [6.45, 7) is 11.3. The quantitative estimate of drug-likeness (QED) is 0.497. The molecule has 1 saturated heterocycles. The molecule has 35 heavy (non-hydrogen) atoms. The molecular weight excluding hydrogens is 438 g/mol. The largest absolute Gasteiger partial charge is 0.382 e.